The number of tetrazole rings is 1. The standard InChI is InChI=1S/C7H7ClN6OS/c1-14-7(11-12-13-14)16-6-9-4(8)3-5(10-6)15-2/h3H,1-2H3. The van der Waals surface area contributed by atoms with Crippen molar-refractivity contribution in [2.45, 2.75) is 10.3 Å². The van der Waals surface area contributed by atoms with E-state index in [0.717, 1.165) is 0 Å². The molecule has 0 atom stereocenters. The van der Waals surface area contributed by atoms with Crippen molar-refractivity contribution in [3.05, 3.63) is 11.2 Å². The second-order valence-corrected chi connectivity index (χ2v) is 4.02. The monoisotopic (exact) mass is 258 g/mol. The van der Waals surface area contributed by atoms with Gasteiger partial charge in [0.25, 0.3) is 0 Å². The zero-order chi connectivity index (χ0) is 11.5. The van der Waals surface area contributed by atoms with Gasteiger partial charge in [0.05, 0.1) is 7.11 Å². The third-order valence-corrected chi connectivity index (χ3v) is 2.71. The van der Waals surface area contributed by atoms with Gasteiger partial charge < -0.3 is 4.74 Å². The molecule has 0 amide bonds. The minimum Gasteiger partial charge on any atom is -0.481 e. The van der Waals surface area contributed by atoms with E-state index in [2.05, 4.69) is 25.5 Å². The van der Waals surface area contributed by atoms with E-state index in [1.165, 1.54) is 29.6 Å². The Morgan fingerprint density at radius 3 is 2.88 bits per heavy atom. The van der Waals surface area contributed by atoms with E-state index in [1.54, 1.807) is 7.05 Å². The molecule has 9 heteroatoms. The number of hydrogen-bond donors (Lipinski definition) is 0. The van der Waals surface area contributed by atoms with Gasteiger partial charge in [-0.2, -0.15) is 4.98 Å². The molecular formula is C7H7ClN6OS. The fraction of sp³-hybridized carbons (Fsp3) is 0.286. The molecule has 84 valence electrons. The summed E-state index contributed by atoms with van der Waals surface area (Å²) in [5.74, 6) is 0.401. The maximum Gasteiger partial charge on any atom is 0.218 e. The number of hydrogen-bond acceptors (Lipinski definition) is 7. The molecule has 0 fully saturated rings. The van der Waals surface area contributed by atoms with Crippen LogP contribution < -0.4 is 4.74 Å². The van der Waals surface area contributed by atoms with E-state index in [4.69, 9.17) is 16.3 Å². The lowest BCUT2D eigenvalue weighted by atomic mass is 10.6. The quantitative estimate of drug-likeness (QED) is 0.595. The summed E-state index contributed by atoms with van der Waals surface area (Å²) in [6.45, 7) is 0. The molecule has 0 N–H and O–H groups in total. The van der Waals surface area contributed by atoms with Crippen LogP contribution in [0.4, 0.5) is 0 Å². The first kappa shape index (κ1) is 11.1. The lowest BCUT2D eigenvalue weighted by molar-refractivity contribution is 0.392. The molecule has 2 heterocycles. The highest BCUT2D eigenvalue weighted by Crippen LogP contribution is 2.24. The summed E-state index contributed by atoms with van der Waals surface area (Å²) in [5.41, 5.74) is 0. The lowest BCUT2D eigenvalue weighted by Gasteiger charge is -2.02. The Kier molecular flexibility index (Phi) is 3.20. The number of rotatable bonds is 3. The molecule has 0 saturated carbocycles. The third-order valence-electron chi connectivity index (χ3n) is 1.62. The summed E-state index contributed by atoms with van der Waals surface area (Å²) in [6, 6.07) is 1.53. The van der Waals surface area contributed by atoms with Crippen molar-refractivity contribution >= 4 is 23.4 Å². The average molecular weight is 259 g/mol. The van der Waals surface area contributed by atoms with E-state index in [0.29, 0.717) is 21.3 Å². The zero-order valence-electron chi connectivity index (χ0n) is 8.46. The van der Waals surface area contributed by atoms with E-state index in [1.807, 2.05) is 0 Å². The number of halogens is 1. The second kappa shape index (κ2) is 4.62. The van der Waals surface area contributed by atoms with Gasteiger partial charge in [-0.15, -0.1) is 5.10 Å². The Labute approximate surface area is 100 Å². The van der Waals surface area contributed by atoms with Crippen LogP contribution in [0.1, 0.15) is 0 Å². The van der Waals surface area contributed by atoms with Crippen molar-refractivity contribution in [1.82, 2.24) is 30.2 Å². The minimum atomic E-state index is 0.310. The molecular weight excluding hydrogens is 252 g/mol. The van der Waals surface area contributed by atoms with E-state index >= 15 is 0 Å². The van der Waals surface area contributed by atoms with Crippen molar-refractivity contribution in [3.63, 3.8) is 0 Å². The van der Waals surface area contributed by atoms with Crippen LogP contribution in [-0.2, 0) is 7.05 Å². The van der Waals surface area contributed by atoms with Crippen molar-refractivity contribution in [2.24, 2.45) is 7.05 Å². The van der Waals surface area contributed by atoms with Crippen LogP contribution in [-0.4, -0.2) is 37.3 Å². The van der Waals surface area contributed by atoms with Gasteiger partial charge in [-0.25, -0.2) is 9.67 Å². The topological polar surface area (TPSA) is 78.6 Å². The number of methoxy groups -OCH3 is 1. The van der Waals surface area contributed by atoms with Gasteiger partial charge >= 0.3 is 0 Å². The fourth-order valence-electron chi connectivity index (χ4n) is 0.917. The largest absolute Gasteiger partial charge is 0.481 e. The molecule has 16 heavy (non-hydrogen) atoms. The van der Waals surface area contributed by atoms with Gasteiger partial charge in [-0.3, -0.25) is 0 Å². The molecule has 0 aliphatic heterocycles. The van der Waals surface area contributed by atoms with Crippen molar-refractivity contribution in [1.29, 1.82) is 0 Å². The minimum absolute atomic E-state index is 0.310. The Morgan fingerprint density at radius 2 is 2.25 bits per heavy atom. The summed E-state index contributed by atoms with van der Waals surface area (Å²) in [6.07, 6.45) is 0. The molecule has 0 bridgehead atoms. The summed E-state index contributed by atoms with van der Waals surface area (Å²) in [7, 11) is 3.24. The van der Waals surface area contributed by atoms with Crippen LogP contribution in [0.2, 0.25) is 5.15 Å². The van der Waals surface area contributed by atoms with Gasteiger partial charge in [0.15, 0.2) is 5.16 Å². The third kappa shape index (κ3) is 2.39. The van der Waals surface area contributed by atoms with Gasteiger partial charge in [0.2, 0.25) is 11.0 Å². The summed E-state index contributed by atoms with van der Waals surface area (Å²) in [4.78, 5) is 8.13. The molecule has 0 aliphatic carbocycles. The first-order valence-electron chi connectivity index (χ1n) is 4.18. The van der Waals surface area contributed by atoms with Gasteiger partial charge in [-0.1, -0.05) is 11.6 Å². The summed E-state index contributed by atoms with van der Waals surface area (Å²) >= 11 is 7.01. The summed E-state index contributed by atoms with van der Waals surface area (Å²) in [5, 5.41) is 12.3. The first-order chi connectivity index (χ1) is 7.69. The van der Waals surface area contributed by atoms with Crippen molar-refractivity contribution in [3.8, 4) is 5.88 Å². The van der Waals surface area contributed by atoms with Crippen LogP contribution in [0, 0.1) is 0 Å². The van der Waals surface area contributed by atoms with Crippen LogP contribution in [0.25, 0.3) is 0 Å². The zero-order valence-corrected chi connectivity index (χ0v) is 10.0. The van der Waals surface area contributed by atoms with Crippen molar-refractivity contribution in [2.75, 3.05) is 7.11 Å². The van der Waals surface area contributed by atoms with Crippen LogP contribution in [0.3, 0.4) is 0 Å². The lowest BCUT2D eigenvalue weighted by Crippen LogP contribution is -1.96. The highest BCUT2D eigenvalue weighted by Gasteiger charge is 2.09. The molecule has 2 aromatic heterocycles. The predicted octanol–water partition coefficient (Wildman–Crippen LogP) is 0.813. The number of ether oxygens (including phenoxy) is 1. The number of nitrogens with zero attached hydrogens (tertiary/aromatic N) is 6. The summed E-state index contributed by atoms with van der Waals surface area (Å²) < 4.78 is 6.49. The molecule has 2 aromatic rings. The second-order valence-electron chi connectivity index (χ2n) is 2.70. The van der Waals surface area contributed by atoms with E-state index in [9.17, 15) is 0 Å². The highest BCUT2D eigenvalue weighted by molar-refractivity contribution is 7.99. The van der Waals surface area contributed by atoms with Crippen molar-refractivity contribution < 1.29 is 4.74 Å². The molecule has 0 saturated heterocycles. The fourth-order valence-corrected chi connectivity index (χ4v) is 1.83. The number of aryl methyl sites for hydroxylation is 1. The molecule has 0 unspecified atom stereocenters. The van der Waals surface area contributed by atoms with Gasteiger partial charge in [0.1, 0.15) is 5.15 Å². The van der Waals surface area contributed by atoms with E-state index < -0.39 is 0 Å². The average Bonchev–Trinajstić information content (AvgIpc) is 2.63. The highest BCUT2D eigenvalue weighted by atomic mass is 35.5. The molecule has 2 rings (SSSR count). The molecule has 0 spiro atoms. The van der Waals surface area contributed by atoms with Gasteiger partial charge in [-0.05, 0) is 22.2 Å². The smallest absolute Gasteiger partial charge is 0.218 e. The van der Waals surface area contributed by atoms with E-state index in [-0.39, 0.29) is 0 Å². The normalized spacial score (nSPS) is 10.4. The van der Waals surface area contributed by atoms with Crippen LogP contribution >= 0.6 is 23.4 Å². The Morgan fingerprint density at radius 1 is 1.44 bits per heavy atom. The van der Waals surface area contributed by atoms with Crippen LogP contribution in [0.5, 0.6) is 5.88 Å². The first-order valence-corrected chi connectivity index (χ1v) is 5.37. The van der Waals surface area contributed by atoms with Gasteiger partial charge in [0, 0.05) is 13.1 Å². The maximum atomic E-state index is 5.81. The Hall–Kier alpha value is -1.41. The molecule has 0 aliphatic rings. The van der Waals surface area contributed by atoms with Crippen LogP contribution in [0.15, 0.2) is 16.4 Å². The Bertz CT molecular complexity index is 503. The molecule has 0 aromatic carbocycles. The SMILES string of the molecule is COc1cc(Cl)nc(Sc2nnnn2C)n1. The predicted molar refractivity (Wildman–Crippen MR) is 56.5 cm³/mol. The Balaban J connectivity index is 2.28. The number of aromatic nitrogens is 6. The molecule has 0 radical (unpaired) electrons. The molecule has 7 nitrogen and oxygen atoms in total. The maximum absolute atomic E-state index is 5.81.